The molecule has 0 amide bonds. The summed E-state index contributed by atoms with van der Waals surface area (Å²) in [4.78, 5) is 3.98. The SMILES string of the molecule is C=C/C=C\C(=C)[S+](C1=CC=CCC1)c1ccc(CC)cc1. The van der Waals surface area contributed by atoms with Gasteiger partial charge in [-0.1, -0.05) is 49.9 Å². The Morgan fingerprint density at radius 2 is 2.05 bits per heavy atom. The van der Waals surface area contributed by atoms with Crippen molar-refractivity contribution in [3.63, 3.8) is 0 Å². The highest BCUT2D eigenvalue weighted by Gasteiger charge is 2.30. The van der Waals surface area contributed by atoms with Gasteiger partial charge in [-0.2, -0.15) is 0 Å². The van der Waals surface area contributed by atoms with Crippen molar-refractivity contribution in [2.75, 3.05) is 0 Å². The number of benzene rings is 1. The van der Waals surface area contributed by atoms with Gasteiger partial charge in [0.2, 0.25) is 0 Å². The number of rotatable bonds is 6. The van der Waals surface area contributed by atoms with Crippen LogP contribution in [-0.2, 0) is 17.3 Å². The zero-order chi connectivity index (χ0) is 15.1. The quantitative estimate of drug-likeness (QED) is 0.465. The molecule has 0 spiro atoms. The Hall–Kier alpha value is -1.73. The highest BCUT2D eigenvalue weighted by molar-refractivity contribution is 8.04. The lowest BCUT2D eigenvalue weighted by atomic mass is 10.2. The van der Waals surface area contributed by atoms with Gasteiger partial charge in [0.25, 0.3) is 0 Å². The fourth-order valence-electron chi connectivity index (χ4n) is 2.33. The van der Waals surface area contributed by atoms with E-state index in [2.05, 4.69) is 68.7 Å². The first-order chi connectivity index (χ1) is 10.3. The van der Waals surface area contributed by atoms with E-state index in [1.54, 1.807) is 0 Å². The van der Waals surface area contributed by atoms with Crippen molar-refractivity contribution in [2.24, 2.45) is 0 Å². The topological polar surface area (TPSA) is 0 Å². The predicted molar refractivity (Wildman–Crippen MR) is 96.4 cm³/mol. The summed E-state index contributed by atoms with van der Waals surface area (Å²) in [6.45, 7) is 10.2. The summed E-state index contributed by atoms with van der Waals surface area (Å²) in [5.74, 6) is 0. The minimum Gasteiger partial charge on any atom is -0.0991 e. The molecule has 2 rings (SSSR count). The maximum atomic E-state index is 4.30. The Labute approximate surface area is 131 Å². The number of hydrogen-bond donors (Lipinski definition) is 0. The van der Waals surface area contributed by atoms with E-state index in [-0.39, 0.29) is 10.9 Å². The van der Waals surface area contributed by atoms with Crippen LogP contribution in [-0.4, -0.2) is 0 Å². The van der Waals surface area contributed by atoms with Crippen LogP contribution in [0.5, 0.6) is 0 Å². The Morgan fingerprint density at radius 1 is 1.29 bits per heavy atom. The third-order valence-corrected chi connectivity index (χ3v) is 5.75. The van der Waals surface area contributed by atoms with Crippen LogP contribution in [0.1, 0.15) is 25.3 Å². The van der Waals surface area contributed by atoms with Crippen LogP contribution in [0.2, 0.25) is 0 Å². The summed E-state index contributed by atoms with van der Waals surface area (Å²) in [5.41, 5.74) is 1.38. The van der Waals surface area contributed by atoms with Crippen LogP contribution in [0.15, 0.2) is 88.6 Å². The molecule has 1 aromatic carbocycles. The van der Waals surface area contributed by atoms with Crippen molar-refractivity contribution >= 4 is 10.9 Å². The molecule has 1 aliphatic rings. The van der Waals surface area contributed by atoms with Crippen molar-refractivity contribution < 1.29 is 0 Å². The predicted octanol–water partition coefficient (Wildman–Crippen LogP) is 5.72. The van der Waals surface area contributed by atoms with E-state index in [0.29, 0.717) is 0 Å². The minimum absolute atomic E-state index is 0.0500. The highest BCUT2D eigenvalue weighted by Crippen LogP contribution is 2.33. The first-order valence-electron chi connectivity index (χ1n) is 7.43. The van der Waals surface area contributed by atoms with Gasteiger partial charge < -0.3 is 0 Å². The molecule has 0 aromatic heterocycles. The average Bonchev–Trinajstić information content (AvgIpc) is 2.55. The summed E-state index contributed by atoms with van der Waals surface area (Å²) < 4.78 is 0. The normalized spacial score (nSPS) is 15.8. The van der Waals surface area contributed by atoms with Gasteiger partial charge in [0, 0.05) is 6.42 Å². The van der Waals surface area contributed by atoms with Crippen LogP contribution < -0.4 is 0 Å². The molecule has 1 unspecified atom stereocenters. The molecule has 0 saturated carbocycles. The fraction of sp³-hybridized carbons (Fsp3) is 0.200. The van der Waals surface area contributed by atoms with Crippen LogP contribution in [0.4, 0.5) is 0 Å². The summed E-state index contributed by atoms with van der Waals surface area (Å²) in [7, 11) is -0.0500. The van der Waals surface area contributed by atoms with E-state index in [4.69, 9.17) is 0 Å². The van der Waals surface area contributed by atoms with Gasteiger partial charge in [0.15, 0.2) is 9.80 Å². The summed E-state index contributed by atoms with van der Waals surface area (Å²) >= 11 is 0. The van der Waals surface area contributed by atoms with Gasteiger partial charge in [0.1, 0.15) is 4.91 Å². The number of allylic oxidation sites excluding steroid dienone is 7. The van der Waals surface area contributed by atoms with E-state index >= 15 is 0 Å². The second-order valence-electron chi connectivity index (χ2n) is 4.96. The molecule has 0 N–H and O–H groups in total. The highest BCUT2D eigenvalue weighted by atomic mass is 32.2. The second kappa shape index (κ2) is 7.90. The largest absolute Gasteiger partial charge is 0.166 e. The van der Waals surface area contributed by atoms with Gasteiger partial charge in [-0.05, 0) is 49.3 Å². The minimum atomic E-state index is -0.0500. The van der Waals surface area contributed by atoms with Crippen molar-refractivity contribution in [1.29, 1.82) is 0 Å². The van der Waals surface area contributed by atoms with Crippen molar-refractivity contribution in [2.45, 2.75) is 31.1 Å². The third kappa shape index (κ3) is 4.12. The maximum Gasteiger partial charge on any atom is 0.166 e. The fourth-order valence-corrected chi connectivity index (χ4v) is 4.43. The van der Waals surface area contributed by atoms with E-state index in [1.165, 1.54) is 15.4 Å². The Kier molecular flexibility index (Phi) is 5.89. The number of aryl methyl sites for hydroxylation is 1. The van der Waals surface area contributed by atoms with Crippen molar-refractivity contribution in [3.8, 4) is 0 Å². The van der Waals surface area contributed by atoms with Crippen LogP contribution in [0.3, 0.4) is 0 Å². The van der Waals surface area contributed by atoms with Gasteiger partial charge in [-0.15, -0.1) is 0 Å². The van der Waals surface area contributed by atoms with Gasteiger partial charge in [0.05, 0.1) is 10.9 Å². The zero-order valence-corrected chi connectivity index (χ0v) is 13.5. The molecule has 1 atom stereocenters. The maximum absolute atomic E-state index is 4.30. The molecule has 0 aliphatic heterocycles. The zero-order valence-electron chi connectivity index (χ0n) is 12.7. The summed E-state index contributed by atoms with van der Waals surface area (Å²) in [6.07, 6.45) is 15.9. The molecule has 0 heterocycles. The molecular formula is C20H23S+. The third-order valence-electron chi connectivity index (χ3n) is 3.49. The molecule has 1 aliphatic carbocycles. The van der Waals surface area contributed by atoms with Crippen molar-refractivity contribution in [3.05, 3.63) is 89.3 Å². The molecule has 0 fully saturated rings. The van der Waals surface area contributed by atoms with E-state index in [1.807, 2.05) is 12.2 Å². The van der Waals surface area contributed by atoms with Gasteiger partial charge in [-0.25, -0.2) is 0 Å². The Morgan fingerprint density at radius 3 is 2.62 bits per heavy atom. The lowest BCUT2D eigenvalue weighted by molar-refractivity contribution is 1.02. The molecule has 0 saturated heterocycles. The lowest BCUT2D eigenvalue weighted by Crippen LogP contribution is -2.09. The first-order valence-corrected chi connectivity index (χ1v) is 8.65. The summed E-state index contributed by atoms with van der Waals surface area (Å²) in [6, 6.07) is 8.99. The monoisotopic (exact) mass is 295 g/mol. The molecule has 21 heavy (non-hydrogen) atoms. The molecular weight excluding hydrogens is 272 g/mol. The molecule has 0 radical (unpaired) electrons. The average molecular weight is 295 g/mol. The van der Waals surface area contributed by atoms with Crippen LogP contribution in [0.25, 0.3) is 0 Å². The second-order valence-corrected chi connectivity index (χ2v) is 7.10. The molecule has 108 valence electrons. The number of hydrogen-bond acceptors (Lipinski definition) is 0. The Bertz CT molecular complexity index is 585. The van der Waals surface area contributed by atoms with Crippen molar-refractivity contribution in [1.82, 2.24) is 0 Å². The van der Waals surface area contributed by atoms with E-state index < -0.39 is 0 Å². The first kappa shape index (κ1) is 15.7. The Balaban J connectivity index is 2.36. The molecule has 1 aromatic rings. The van der Waals surface area contributed by atoms with E-state index in [0.717, 1.165) is 24.2 Å². The molecule has 1 heteroatoms. The smallest absolute Gasteiger partial charge is 0.0991 e. The molecule has 0 nitrogen and oxygen atoms in total. The molecule has 0 bridgehead atoms. The van der Waals surface area contributed by atoms with Gasteiger partial charge in [-0.3, -0.25) is 0 Å². The van der Waals surface area contributed by atoms with Crippen LogP contribution in [0, 0.1) is 0 Å². The van der Waals surface area contributed by atoms with Crippen LogP contribution >= 0.6 is 0 Å². The standard InChI is InChI=1S/C20H23S/c1-4-6-10-17(3)21(19-11-8-7-9-12-19)20-15-13-18(5-2)14-16-20/h4,6-8,10-11,13-16H,1,3,5,9,12H2,2H3/q+1/b10-6-. The van der Waals surface area contributed by atoms with Gasteiger partial charge >= 0.3 is 0 Å². The van der Waals surface area contributed by atoms with E-state index in [9.17, 15) is 0 Å². The summed E-state index contributed by atoms with van der Waals surface area (Å²) in [5, 5.41) is 0. The lowest BCUT2D eigenvalue weighted by Gasteiger charge is -2.12.